The Morgan fingerprint density at radius 3 is 2.71 bits per heavy atom. The zero-order chi connectivity index (χ0) is 17.3. The summed E-state index contributed by atoms with van der Waals surface area (Å²) in [7, 11) is -2.13. The Bertz CT molecular complexity index is 868. The normalized spacial score (nSPS) is 14.8. The summed E-state index contributed by atoms with van der Waals surface area (Å²) in [4.78, 5) is 0.139. The van der Waals surface area contributed by atoms with Gasteiger partial charge in [0.15, 0.2) is 0 Å². The smallest absolute Gasteiger partial charge is 0.264 e. The Labute approximate surface area is 147 Å². The lowest BCUT2D eigenvalue weighted by Gasteiger charge is -2.25. The minimum atomic E-state index is -3.72. The van der Waals surface area contributed by atoms with Crippen molar-refractivity contribution in [3.8, 4) is 5.75 Å². The molecule has 1 heterocycles. The van der Waals surface area contributed by atoms with Gasteiger partial charge < -0.3 is 10.5 Å². The Morgan fingerprint density at radius 2 is 2.00 bits per heavy atom. The van der Waals surface area contributed by atoms with E-state index in [-0.39, 0.29) is 10.6 Å². The number of nitrogens with zero attached hydrogens (tertiary/aromatic N) is 1. The highest BCUT2D eigenvalue weighted by molar-refractivity contribution is 7.92. The maximum atomic E-state index is 13.2. The molecule has 2 aromatic carbocycles. The van der Waals surface area contributed by atoms with E-state index in [0.29, 0.717) is 23.0 Å². The molecule has 128 valence electrons. The van der Waals surface area contributed by atoms with Gasteiger partial charge in [-0.1, -0.05) is 17.7 Å². The first-order valence-electron chi connectivity index (χ1n) is 7.69. The summed E-state index contributed by atoms with van der Waals surface area (Å²) < 4.78 is 33.2. The SMILES string of the molecule is COc1cccc2c1CCCCN2S(=O)(=O)c1ccc(Cl)c(N)c1. The minimum Gasteiger partial charge on any atom is -0.496 e. The topological polar surface area (TPSA) is 72.6 Å². The summed E-state index contributed by atoms with van der Waals surface area (Å²) in [5.41, 5.74) is 7.62. The van der Waals surface area contributed by atoms with E-state index in [2.05, 4.69) is 0 Å². The second-order valence-electron chi connectivity index (χ2n) is 5.68. The summed E-state index contributed by atoms with van der Waals surface area (Å²) in [6.07, 6.45) is 2.47. The summed E-state index contributed by atoms with van der Waals surface area (Å²) >= 11 is 5.91. The van der Waals surface area contributed by atoms with Crippen LogP contribution in [0, 0.1) is 0 Å². The molecule has 0 aliphatic carbocycles. The van der Waals surface area contributed by atoms with Crippen LogP contribution in [0.1, 0.15) is 18.4 Å². The van der Waals surface area contributed by atoms with Crippen molar-refractivity contribution in [3.63, 3.8) is 0 Å². The van der Waals surface area contributed by atoms with Crippen LogP contribution in [0.2, 0.25) is 5.02 Å². The van der Waals surface area contributed by atoms with Crippen LogP contribution in [0.5, 0.6) is 5.75 Å². The maximum absolute atomic E-state index is 13.2. The van der Waals surface area contributed by atoms with Crippen molar-refractivity contribution in [2.45, 2.75) is 24.2 Å². The van der Waals surface area contributed by atoms with E-state index in [1.54, 1.807) is 7.11 Å². The third-order valence-corrected chi connectivity index (χ3v) is 6.34. The number of anilines is 2. The highest BCUT2D eigenvalue weighted by Gasteiger charge is 2.29. The van der Waals surface area contributed by atoms with Gasteiger partial charge in [-0.05, 0) is 49.6 Å². The minimum absolute atomic E-state index is 0.139. The van der Waals surface area contributed by atoms with Gasteiger partial charge in [-0.15, -0.1) is 0 Å². The Morgan fingerprint density at radius 1 is 1.21 bits per heavy atom. The molecule has 0 amide bonds. The molecule has 0 saturated carbocycles. The first-order valence-corrected chi connectivity index (χ1v) is 9.50. The van der Waals surface area contributed by atoms with Crippen molar-refractivity contribution in [1.82, 2.24) is 0 Å². The lowest BCUT2D eigenvalue weighted by Crippen LogP contribution is -2.32. The van der Waals surface area contributed by atoms with E-state index in [0.717, 1.165) is 24.8 Å². The standard InChI is InChI=1S/C17H19ClN2O3S/c1-23-17-7-4-6-16-13(17)5-2-3-10-20(16)24(21,22)12-8-9-14(18)15(19)11-12/h4,6-9,11H,2-3,5,10,19H2,1H3. The Hall–Kier alpha value is -1.92. The van der Waals surface area contributed by atoms with E-state index < -0.39 is 10.0 Å². The number of ether oxygens (including phenoxy) is 1. The zero-order valence-corrected chi connectivity index (χ0v) is 14.9. The highest BCUT2D eigenvalue weighted by Crippen LogP contribution is 2.37. The number of nitrogens with two attached hydrogens (primary N) is 1. The Kier molecular flexibility index (Phi) is 4.60. The lowest BCUT2D eigenvalue weighted by molar-refractivity contribution is 0.409. The number of hydrogen-bond acceptors (Lipinski definition) is 4. The monoisotopic (exact) mass is 366 g/mol. The molecular weight excluding hydrogens is 348 g/mol. The highest BCUT2D eigenvalue weighted by atomic mass is 35.5. The fraction of sp³-hybridized carbons (Fsp3) is 0.294. The van der Waals surface area contributed by atoms with E-state index >= 15 is 0 Å². The van der Waals surface area contributed by atoms with Gasteiger partial charge in [-0.3, -0.25) is 4.31 Å². The Balaban J connectivity index is 2.13. The predicted molar refractivity (Wildman–Crippen MR) is 96.3 cm³/mol. The van der Waals surface area contributed by atoms with E-state index in [4.69, 9.17) is 22.1 Å². The van der Waals surface area contributed by atoms with Gasteiger partial charge in [0.05, 0.1) is 28.4 Å². The molecule has 1 aliphatic rings. The number of hydrogen-bond donors (Lipinski definition) is 1. The van der Waals surface area contributed by atoms with Gasteiger partial charge >= 0.3 is 0 Å². The molecule has 0 aromatic heterocycles. The summed E-state index contributed by atoms with van der Waals surface area (Å²) in [6, 6.07) is 9.88. The van der Waals surface area contributed by atoms with Crippen LogP contribution >= 0.6 is 11.6 Å². The summed E-state index contributed by atoms with van der Waals surface area (Å²) in [5, 5.41) is 0.340. The molecule has 7 heteroatoms. The third-order valence-electron chi connectivity index (χ3n) is 4.19. The number of sulfonamides is 1. The predicted octanol–water partition coefficient (Wildman–Crippen LogP) is 3.46. The second-order valence-corrected chi connectivity index (χ2v) is 7.95. The van der Waals surface area contributed by atoms with E-state index in [1.807, 2.05) is 18.2 Å². The molecule has 1 aliphatic heterocycles. The largest absolute Gasteiger partial charge is 0.496 e. The number of halogens is 1. The van der Waals surface area contributed by atoms with Crippen LogP contribution in [0.15, 0.2) is 41.3 Å². The fourth-order valence-corrected chi connectivity index (χ4v) is 4.65. The van der Waals surface area contributed by atoms with E-state index in [1.165, 1.54) is 22.5 Å². The molecule has 0 saturated heterocycles. The first kappa shape index (κ1) is 16.9. The molecule has 0 radical (unpaired) electrons. The third kappa shape index (κ3) is 2.91. The molecule has 2 N–H and O–H groups in total. The van der Waals surface area contributed by atoms with Crippen molar-refractivity contribution in [3.05, 3.63) is 47.0 Å². The second kappa shape index (κ2) is 6.53. The van der Waals surface area contributed by atoms with Gasteiger partial charge in [-0.25, -0.2) is 8.42 Å². The van der Waals surface area contributed by atoms with Crippen LogP contribution in [0.25, 0.3) is 0 Å². The molecular formula is C17H19ClN2O3S. The van der Waals surface area contributed by atoms with Crippen LogP contribution in [-0.4, -0.2) is 22.1 Å². The number of fused-ring (bicyclic) bond motifs is 1. The van der Waals surface area contributed by atoms with Crippen molar-refractivity contribution >= 4 is 33.0 Å². The lowest BCUT2D eigenvalue weighted by atomic mass is 10.1. The van der Waals surface area contributed by atoms with Crippen molar-refractivity contribution in [2.75, 3.05) is 23.7 Å². The van der Waals surface area contributed by atoms with E-state index in [9.17, 15) is 8.42 Å². The number of rotatable bonds is 3. The average Bonchev–Trinajstić information content (AvgIpc) is 2.79. The number of methoxy groups -OCH3 is 1. The van der Waals surface area contributed by atoms with Gasteiger partial charge in [0.2, 0.25) is 0 Å². The maximum Gasteiger partial charge on any atom is 0.264 e. The number of nitrogen functional groups attached to an aromatic ring is 1. The average molecular weight is 367 g/mol. The number of benzene rings is 2. The molecule has 0 atom stereocenters. The molecule has 2 aromatic rings. The van der Waals surface area contributed by atoms with Gasteiger partial charge in [0.1, 0.15) is 5.75 Å². The van der Waals surface area contributed by atoms with Gasteiger partial charge in [0.25, 0.3) is 10.0 Å². The van der Waals surface area contributed by atoms with Crippen molar-refractivity contribution < 1.29 is 13.2 Å². The van der Waals surface area contributed by atoms with Crippen LogP contribution in [0.3, 0.4) is 0 Å². The molecule has 3 rings (SSSR count). The van der Waals surface area contributed by atoms with Crippen molar-refractivity contribution in [1.29, 1.82) is 0 Å². The van der Waals surface area contributed by atoms with Crippen LogP contribution in [0.4, 0.5) is 11.4 Å². The summed E-state index contributed by atoms with van der Waals surface area (Å²) in [5.74, 6) is 0.713. The molecule has 5 nitrogen and oxygen atoms in total. The van der Waals surface area contributed by atoms with Gasteiger partial charge in [0, 0.05) is 12.1 Å². The van der Waals surface area contributed by atoms with Crippen LogP contribution in [-0.2, 0) is 16.4 Å². The molecule has 0 spiro atoms. The molecule has 24 heavy (non-hydrogen) atoms. The quantitative estimate of drug-likeness (QED) is 0.844. The van der Waals surface area contributed by atoms with Crippen molar-refractivity contribution in [2.24, 2.45) is 0 Å². The van der Waals surface area contributed by atoms with Crippen LogP contribution < -0.4 is 14.8 Å². The zero-order valence-electron chi connectivity index (χ0n) is 13.3. The fourth-order valence-electron chi connectivity index (χ4n) is 2.97. The molecule has 0 bridgehead atoms. The first-order chi connectivity index (χ1) is 11.4. The van der Waals surface area contributed by atoms with Gasteiger partial charge in [-0.2, -0.15) is 0 Å². The molecule has 0 fully saturated rings. The molecule has 0 unspecified atom stereocenters. The summed E-state index contributed by atoms with van der Waals surface area (Å²) in [6.45, 7) is 0.422.